The van der Waals surface area contributed by atoms with Gasteiger partial charge in [0.1, 0.15) is 0 Å². The van der Waals surface area contributed by atoms with Crippen LogP contribution in [0.4, 0.5) is 4.79 Å². The van der Waals surface area contributed by atoms with Gasteiger partial charge in [0.05, 0.1) is 5.56 Å². The van der Waals surface area contributed by atoms with E-state index in [-0.39, 0.29) is 11.6 Å². The fraction of sp³-hybridized carbons (Fsp3) is 0.300. The maximum atomic E-state index is 12.4. The van der Waals surface area contributed by atoms with Gasteiger partial charge in [0.15, 0.2) is 0 Å². The van der Waals surface area contributed by atoms with E-state index in [9.17, 15) is 9.59 Å². The molecule has 0 aliphatic carbocycles. The number of likely N-dealkylation sites (tertiary alicyclic amines) is 1. The number of urea groups is 1. The van der Waals surface area contributed by atoms with E-state index >= 15 is 0 Å². The molecule has 1 aliphatic heterocycles. The summed E-state index contributed by atoms with van der Waals surface area (Å²) < 4.78 is 0. The summed E-state index contributed by atoms with van der Waals surface area (Å²) in [4.78, 5) is 25.0. The molecule has 1 aliphatic rings. The highest BCUT2D eigenvalue weighted by Gasteiger charge is 2.27. The van der Waals surface area contributed by atoms with Crippen molar-refractivity contribution < 1.29 is 14.7 Å². The van der Waals surface area contributed by atoms with Gasteiger partial charge >= 0.3 is 12.0 Å². The Balaban J connectivity index is 1.53. The van der Waals surface area contributed by atoms with Crippen molar-refractivity contribution in [2.24, 2.45) is 0 Å². The summed E-state index contributed by atoms with van der Waals surface area (Å²) in [5.41, 5.74) is 3.66. The summed E-state index contributed by atoms with van der Waals surface area (Å²) in [6.07, 6.45) is 0.976. The Labute approximate surface area is 147 Å². The second-order valence-corrected chi connectivity index (χ2v) is 6.51. The molecule has 1 saturated heterocycles. The van der Waals surface area contributed by atoms with Gasteiger partial charge < -0.3 is 15.3 Å². The lowest BCUT2D eigenvalue weighted by Gasteiger charge is -2.18. The standard InChI is InChI=1S/C20H22N2O3/c1-14-3-2-4-17(11-14)18-9-10-22(13-18)20(25)21-12-15-5-7-16(8-6-15)19(23)24/h2-8,11,18H,9-10,12-13H2,1H3,(H,21,25)(H,23,24). The van der Waals surface area contributed by atoms with E-state index in [2.05, 4.69) is 36.5 Å². The number of nitrogens with one attached hydrogen (secondary N) is 1. The minimum absolute atomic E-state index is 0.0718. The normalized spacial score (nSPS) is 16.7. The first-order valence-corrected chi connectivity index (χ1v) is 8.44. The molecule has 1 fully saturated rings. The number of carboxylic acid groups (broad SMARTS) is 1. The molecular formula is C20H22N2O3. The van der Waals surface area contributed by atoms with Crippen molar-refractivity contribution in [2.45, 2.75) is 25.8 Å². The number of amides is 2. The van der Waals surface area contributed by atoms with Crippen molar-refractivity contribution in [3.63, 3.8) is 0 Å². The molecule has 1 heterocycles. The van der Waals surface area contributed by atoms with Crippen LogP contribution in [0, 0.1) is 6.92 Å². The molecular weight excluding hydrogens is 316 g/mol. The quantitative estimate of drug-likeness (QED) is 0.898. The second-order valence-electron chi connectivity index (χ2n) is 6.51. The Kier molecular flexibility index (Phi) is 5.03. The molecule has 0 radical (unpaired) electrons. The van der Waals surface area contributed by atoms with Gasteiger partial charge in [0, 0.05) is 25.6 Å². The van der Waals surface area contributed by atoms with E-state index < -0.39 is 5.97 Å². The third kappa shape index (κ3) is 4.18. The lowest BCUT2D eigenvalue weighted by molar-refractivity contribution is 0.0697. The van der Waals surface area contributed by atoms with Crippen LogP contribution in [0.15, 0.2) is 48.5 Å². The Hall–Kier alpha value is -2.82. The van der Waals surface area contributed by atoms with E-state index in [0.717, 1.165) is 25.1 Å². The van der Waals surface area contributed by atoms with Crippen molar-refractivity contribution in [3.8, 4) is 0 Å². The smallest absolute Gasteiger partial charge is 0.335 e. The maximum Gasteiger partial charge on any atom is 0.335 e. The van der Waals surface area contributed by atoms with E-state index in [1.807, 2.05) is 4.90 Å². The first-order chi connectivity index (χ1) is 12.0. The zero-order valence-electron chi connectivity index (χ0n) is 14.2. The monoisotopic (exact) mass is 338 g/mol. The largest absolute Gasteiger partial charge is 0.478 e. The molecule has 2 aromatic rings. The number of hydrogen-bond acceptors (Lipinski definition) is 2. The number of hydrogen-bond donors (Lipinski definition) is 2. The number of carbonyl (C=O) groups excluding carboxylic acids is 1. The number of aromatic carboxylic acids is 1. The molecule has 0 spiro atoms. The summed E-state index contributed by atoms with van der Waals surface area (Å²) in [5, 5.41) is 11.8. The van der Waals surface area contributed by atoms with Gasteiger partial charge in [-0.2, -0.15) is 0 Å². The molecule has 5 heteroatoms. The zero-order valence-corrected chi connectivity index (χ0v) is 14.2. The van der Waals surface area contributed by atoms with Crippen molar-refractivity contribution in [2.75, 3.05) is 13.1 Å². The van der Waals surface area contributed by atoms with Crippen LogP contribution in [0.1, 0.15) is 39.4 Å². The molecule has 3 rings (SSSR count). The molecule has 1 unspecified atom stereocenters. The summed E-state index contributed by atoms with van der Waals surface area (Å²) in [6.45, 7) is 3.96. The van der Waals surface area contributed by atoms with Gasteiger partial charge in [-0.25, -0.2) is 9.59 Å². The molecule has 0 bridgehead atoms. The number of nitrogens with zero attached hydrogens (tertiary/aromatic N) is 1. The first kappa shape index (κ1) is 17.0. The van der Waals surface area contributed by atoms with Crippen LogP contribution < -0.4 is 5.32 Å². The van der Waals surface area contributed by atoms with Crippen molar-refractivity contribution in [1.29, 1.82) is 0 Å². The fourth-order valence-electron chi connectivity index (χ4n) is 3.20. The first-order valence-electron chi connectivity index (χ1n) is 8.44. The molecule has 0 aromatic heterocycles. The second kappa shape index (κ2) is 7.38. The lowest BCUT2D eigenvalue weighted by Crippen LogP contribution is -2.37. The SMILES string of the molecule is Cc1cccc(C2CCN(C(=O)NCc3ccc(C(=O)O)cc3)C2)c1. The van der Waals surface area contributed by atoms with Gasteiger partial charge in [0.25, 0.3) is 0 Å². The molecule has 2 N–H and O–H groups in total. The molecule has 0 saturated carbocycles. The van der Waals surface area contributed by atoms with Crippen LogP contribution in [0.3, 0.4) is 0 Å². The van der Waals surface area contributed by atoms with Crippen LogP contribution in [0.25, 0.3) is 0 Å². The van der Waals surface area contributed by atoms with Gasteiger partial charge in [-0.15, -0.1) is 0 Å². The third-order valence-electron chi connectivity index (χ3n) is 4.63. The summed E-state index contributed by atoms with van der Waals surface area (Å²) >= 11 is 0. The van der Waals surface area contributed by atoms with Crippen LogP contribution in [-0.4, -0.2) is 35.1 Å². The number of carbonyl (C=O) groups is 2. The van der Waals surface area contributed by atoms with E-state index in [1.54, 1.807) is 24.3 Å². The van der Waals surface area contributed by atoms with Crippen LogP contribution in [-0.2, 0) is 6.54 Å². The van der Waals surface area contributed by atoms with Gasteiger partial charge in [0.2, 0.25) is 0 Å². The highest BCUT2D eigenvalue weighted by atomic mass is 16.4. The van der Waals surface area contributed by atoms with Gasteiger partial charge in [-0.05, 0) is 36.6 Å². The van der Waals surface area contributed by atoms with Crippen LogP contribution in [0.5, 0.6) is 0 Å². The molecule has 25 heavy (non-hydrogen) atoms. The third-order valence-corrected chi connectivity index (χ3v) is 4.63. The predicted molar refractivity (Wildman–Crippen MR) is 95.7 cm³/mol. The molecule has 5 nitrogen and oxygen atoms in total. The molecule has 1 atom stereocenters. The average Bonchev–Trinajstić information content (AvgIpc) is 3.10. The Morgan fingerprint density at radius 2 is 1.96 bits per heavy atom. The maximum absolute atomic E-state index is 12.4. The van der Waals surface area contributed by atoms with Gasteiger partial charge in [-0.3, -0.25) is 0 Å². The predicted octanol–water partition coefficient (Wildman–Crippen LogP) is 3.39. The Bertz CT molecular complexity index is 771. The minimum atomic E-state index is -0.949. The molecule has 2 aromatic carbocycles. The number of aryl methyl sites for hydroxylation is 1. The van der Waals surface area contributed by atoms with Crippen molar-refractivity contribution >= 4 is 12.0 Å². The van der Waals surface area contributed by atoms with Crippen LogP contribution in [0.2, 0.25) is 0 Å². The van der Waals surface area contributed by atoms with Gasteiger partial charge in [-0.1, -0.05) is 42.0 Å². The summed E-state index contributed by atoms with van der Waals surface area (Å²) in [5.74, 6) is -0.560. The minimum Gasteiger partial charge on any atom is -0.478 e. The van der Waals surface area contributed by atoms with Crippen molar-refractivity contribution in [1.82, 2.24) is 10.2 Å². The fourth-order valence-corrected chi connectivity index (χ4v) is 3.20. The topological polar surface area (TPSA) is 69.6 Å². The zero-order chi connectivity index (χ0) is 17.8. The number of benzene rings is 2. The summed E-state index contributed by atoms with van der Waals surface area (Å²) in [7, 11) is 0. The van der Waals surface area contributed by atoms with Crippen molar-refractivity contribution in [3.05, 3.63) is 70.8 Å². The van der Waals surface area contributed by atoms with E-state index in [1.165, 1.54) is 11.1 Å². The molecule has 2 amide bonds. The Morgan fingerprint density at radius 3 is 2.64 bits per heavy atom. The number of rotatable bonds is 4. The Morgan fingerprint density at radius 1 is 1.20 bits per heavy atom. The highest BCUT2D eigenvalue weighted by molar-refractivity contribution is 5.87. The van der Waals surface area contributed by atoms with E-state index in [0.29, 0.717) is 12.5 Å². The van der Waals surface area contributed by atoms with Crippen LogP contribution >= 0.6 is 0 Å². The lowest BCUT2D eigenvalue weighted by atomic mass is 9.97. The average molecular weight is 338 g/mol. The summed E-state index contributed by atoms with van der Waals surface area (Å²) in [6, 6.07) is 14.9. The van der Waals surface area contributed by atoms with E-state index in [4.69, 9.17) is 5.11 Å². The highest BCUT2D eigenvalue weighted by Crippen LogP contribution is 2.27. The molecule has 130 valence electrons. The number of carboxylic acids is 1.